The van der Waals surface area contributed by atoms with Gasteiger partial charge in [-0.1, -0.05) is 30.3 Å². The molecule has 0 atom stereocenters. The molecule has 0 spiro atoms. The van der Waals surface area contributed by atoms with E-state index in [1.807, 2.05) is 18.2 Å². The minimum Gasteiger partial charge on any atom is -0.465 e. The highest BCUT2D eigenvalue weighted by Gasteiger charge is 2.20. The minimum atomic E-state index is -0.648. The lowest BCUT2D eigenvalue weighted by molar-refractivity contribution is 0.0522. The normalized spacial score (nSPS) is 10.6. The average Bonchev–Trinajstić information content (AvgIpc) is 2.68. The fraction of sp³-hybridized carbons (Fsp3) is 0.190. The van der Waals surface area contributed by atoms with Crippen LogP contribution in [0.15, 0.2) is 53.3 Å². The van der Waals surface area contributed by atoms with Crippen molar-refractivity contribution >= 4 is 22.8 Å². The van der Waals surface area contributed by atoms with Gasteiger partial charge in [0.15, 0.2) is 0 Å². The standard InChI is InChI=1S/C21H19NO5/c1-3-27-21(25)18-16(15-6-4-5-7-17(15)22-19(18)23)12-13-8-10-14(11-9-13)20(24)26-2/h4-11H,3,12H2,1-2H3,(H,22,23). The number of hydrogen-bond donors (Lipinski definition) is 1. The van der Waals surface area contributed by atoms with E-state index >= 15 is 0 Å². The molecule has 0 amide bonds. The third-order valence-electron chi connectivity index (χ3n) is 4.26. The molecule has 1 aromatic heterocycles. The van der Waals surface area contributed by atoms with Crippen molar-refractivity contribution in [2.45, 2.75) is 13.3 Å². The summed E-state index contributed by atoms with van der Waals surface area (Å²) in [7, 11) is 1.32. The number of aromatic nitrogens is 1. The summed E-state index contributed by atoms with van der Waals surface area (Å²) in [5.41, 5.74) is 2.06. The van der Waals surface area contributed by atoms with E-state index in [1.54, 1.807) is 37.3 Å². The van der Waals surface area contributed by atoms with Crippen LogP contribution in [-0.2, 0) is 15.9 Å². The summed E-state index contributed by atoms with van der Waals surface area (Å²) in [4.78, 5) is 39.3. The Morgan fingerprint density at radius 3 is 2.37 bits per heavy atom. The van der Waals surface area contributed by atoms with Crippen molar-refractivity contribution in [3.63, 3.8) is 0 Å². The number of para-hydroxylation sites is 1. The number of esters is 2. The van der Waals surface area contributed by atoms with Gasteiger partial charge in [-0.2, -0.15) is 0 Å². The minimum absolute atomic E-state index is 0.00703. The predicted molar refractivity (Wildman–Crippen MR) is 101 cm³/mol. The zero-order valence-corrected chi connectivity index (χ0v) is 15.1. The number of hydrogen-bond acceptors (Lipinski definition) is 5. The number of carbonyl (C=O) groups excluding carboxylic acids is 2. The van der Waals surface area contributed by atoms with Crippen LogP contribution in [0.5, 0.6) is 0 Å². The van der Waals surface area contributed by atoms with Gasteiger partial charge in [-0.3, -0.25) is 4.79 Å². The Morgan fingerprint density at radius 2 is 1.70 bits per heavy atom. The molecule has 6 heteroatoms. The summed E-state index contributed by atoms with van der Waals surface area (Å²) in [6.07, 6.45) is 0.347. The fourth-order valence-electron chi connectivity index (χ4n) is 3.00. The Morgan fingerprint density at radius 1 is 1.00 bits per heavy atom. The van der Waals surface area contributed by atoms with Crippen LogP contribution < -0.4 is 5.56 Å². The lowest BCUT2D eigenvalue weighted by atomic mass is 9.96. The highest BCUT2D eigenvalue weighted by molar-refractivity contribution is 5.97. The molecule has 0 aliphatic rings. The second-order valence-electron chi connectivity index (χ2n) is 5.94. The molecular weight excluding hydrogens is 346 g/mol. The zero-order valence-electron chi connectivity index (χ0n) is 15.1. The molecule has 138 valence electrons. The molecule has 0 bridgehead atoms. The molecule has 0 saturated heterocycles. The number of pyridine rings is 1. The number of H-pyrrole nitrogens is 1. The Hall–Kier alpha value is -3.41. The number of aromatic amines is 1. The number of nitrogens with one attached hydrogen (secondary N) is 1. The Kier molecular flexibility index (Phi) is 5.35. The van der Waals surface area contributed by atoms with Crippen LogP contribution in [-0.4, -0.2) is 30.6 Å². The molecule has 0 fully saturated rings. The molecule has 3 aromatic rings. The molecule has 0 aliphatic heterocycles. The summed E-state index contributed by atoms with van der Waals surface area (Å²) in [6.45, 7) is 1.87. The molecule has 2 aromatic carbocycles. The molecule has 0 saturated carbocycles. The van der Waals surface area contributed by atoms with Gasteiger partial charge in [0.2, 0.25) is 0 Å². The molecular formula is C21H19NO5. The highest BCUT2D eigenvalue weighted by Crippen LogP contribution is 2.22. The van der Waals surface area contributed by atoms with Crippen LogP contribution in [0, 0.1) is 0 Å². The third-order valence-corrected chi connectivity index (χ3v) is 4.26. The van der Waals surface area contributed by atoms with Crippen LogP contribution in [0.1, 0.15) is 38.8 Å². The van der Waals surface area contributed by atoms with E-state index < -0.39 is 17.5 Å². The lowest BCUT2D eigenvalue weighted by Crippen LogP contribution is -2.23. The van der Waals surface area contributed by atoms with E-state index in [9.17, 15) is 14.4 Å². The van der Waals surface area contributed by atoms with Gasteiger partial charge >= 0.3 is 11.9 Å². The lowest BCUT2D eigenvalue weighted by Gasteiger charge is -2.12. The van der Waals surface area contributed by atoms with Crippen molar-refractivity contribution in [3.05, 3.63) is 81.1 Å². The summed E-state index contributed by atoms with van der Waals surface area (Å²) in [5, 5.41) is 0.775. The largest absolute Gasteiger partial charge is 0.465 e. The zero-order chi connectivity index (χ0) is 19.4. The Bertz CT molecular complexity index is 1050. The SMILES string of the molecule is CCOC(=O)c1c(Cc2ccc(C(=O)OC)cc2)c2ccccc2[nH]c1=O. The molecule has 3 rings (SSSR count). The van der Waals surface area contributed by atoms with E-state index in [2.05, 4.69) is 4.98 Å². The van der Waals surface area contributed by atoms with Gasteiger partial charge in [-0.25, -0.2) is 9.59 Å². The topological polar surface area (TPSA) is 85.5 Å². The Labute approximate surface area is 155 Å². The van der Waals surface area contributed by atoms with E-state index in [0.717, 1.165) is 10.9 Å². The first-order valence-corrected chi connectivity index (χ1v) is 8.53. The van der Waals surface area contributed by atoms with Gasteiger partial charge in [0.1, 0.15) is 5.56 Å². The van der Waals surface area contributed by atoms with Crippen LogP contribution in [0.25, 0.3) is 10.9 Å². The van der Waals surface area contributed by atoms with Crippen LogP contribution in [0.2, 0.25) is 0 Å². The summed E-state index contributed by atoms with van der Waals surface area (Å²) in [5.74, 6) is -1.07. The van der Waals surface area contributed by atoms with E-state index in [0.29, 0.717) is 23.1 Å². The van der Waals surface area contributed by atoms with Crippen molar-refractivity contribution in [2.24, 2.45) is 0 Å². The summed E-state index contributed by atoms with van der Waals surface area (Å²) in [6, 6.07) is 14.2. The molecule has 0 radical (unpaired) electrons. The number of carbonyl (C=O) groups is 2. The van der Waals surface area contributed by atoms with Gasteiger partial charge < -0.3 is 14.5 Å². The first kappa shape index (κ1) is 18.4. The highest BCUT2D eigenvalue weighted by atomic mass is 16.5. The maximum Gasteiger partial charge on any atom is 0.344 e. The van der Waals surface area contributed by atoms with Crippen molar-refractivity contribution in [3.8, 4) is 0 Å². The average molecular weight is 365 g/mol. The van der Waals surface area contributed by atoms with Gasteiger partial charge in [-0.15, -0.1) is 0 Å². The second kappa shape index (κ2) is 7.86. The molecule has 0 aliphatic carbocycles. The van der Waals surface area contributed by atoms with Gasteiger partial charge in [0, 0.05) is 10.9 Å². The molecule has 1 heterocycles. The fourth-order valence-corrected chi connectivity index (χ4v) is 3.00. The molecule has 6 nitrogen and oxygen atoms in total. The quantitative estimate of drug-likeness (QED) is 0.702. The van der Waals surface area contributed by atoms with Crippen molar-refractivity contribution < 1.29 is 19.1 Å². The predicted octanol–water partition coefficient (Wildman–Crippen LogP) is 3.08. The molecule has 1 N–H and O–H groups in total. The second-order valence-corrected chi connectivity index (χ2v) is 5.94. The monoisotopic (exact) mass is 365 g/mol. The maximum atomic E-state index is 12.5. The summed E-state index contributed by atoms with van der Waals surface area (Å²) >= 11 is 0. The molecule has 0 unspecified atom stereocenters. The van der Waals surface area contributed by atoms with Crippen molar-refractivity contribution in [1.29, 1.82) is 0 Å². The van der Waals surface area contributed by atoms with Crippen LogP contribution in [0.4, 0.5) is 0 Å². The van der Waals surface area contributed by atoms with E-state index in [1.165, 1.54) is 7.11 Å². The van der Waals surface area contributed by atoms with Gasteiger partial charge in [0.25, 0.3) is 5.56 Å². The summed E-state index contributed by atoms with van der Waals surface area (Å²) < 4.78 is 9.78. The van der Waals surface area contributed by atoms with Gasteiger partial charge in [-0.05, 0) is 42.7 Å². The number of rotatable bonds is 5. The first-order chi connectivity index (χ1) is 13.0. The van der Waals surface area contributed by atoms with E-state index in [-0.39, 0.29) is 12.2 Å². The Balaban J connectivity index is 2.11. The van der Waals surface area contributed by atoms with Crippen molar-refractivity contribution in [1.82, 2.24) is 4.98 Å². The van der Waals surface area contributed by atoms with Crippen molar-refractivity contribution in [2.75, 3.05) is 13.7 Å². The smallest absolute Gasteiger partial charge is 0.344 e. The molecule has 27 heavy (non-hydrogen) atoms. The van der Waals surface area contributed by atoms with Gasteiger partial charge in [0.05, 0.1) is 19.3 Å². The number of fused-ring (bicyclic) bond motifs is 1. The number of ether oxygens (including phenoxy) is 2. The number of benzene rings is 2. The number of methoxy groups -OCH3 is 1. The first-order valence-electron chi connectivity index (χ1n) is 8.53. The maximum absolute atomic E-state index is 12.5. The van der Waals surface area contributed by atoms with E-state index in [4.69, 9.17) is 9.47 Å². The van der Waals surface area contributed by atoms with Crippen LogP contribution in [0.3, 0.4) is 0 Å². The third kappa shape index (κ3) is 3.74. The van der Waals surface area contributed by atoms with Crippen LogP contribution >= 0.6 is 0 Å².